The fraction of sp³-hybridized carbons (Fsp3) is 0.857. The lowest BCUT2D eigenvalue weighted by molar-refractivity contribution is 0.539. The standard InChI is InChI=1S/C7H12ClN/c1-5-3-4-6(2)9-7(5)8/h5-6H,3-4H2,1-2H3. The first kappa shape index (κ1) is 7.07. The number of hydrogen-bond donors (Lipinski definition) is 0. The van der Waals surface area contributed by atoms with Crippen molar-refractivity contribution >= 4 is 16.8 Å². The summed E-state index contributed by atoms with van der Waals surface area (Å²) in [6.45, 7) is 4.23. The zero-order chi connectivity index (χ0) is 6.85. The fourth-order valence-electron chi connectivity index (χ4n) is 1.01. The molecule has 0 N–H and O–H groups in total. The van der Waals surface area contributed by atoms with Crippen LogP contribution in [0.25, 0.3) is 0 Å². The van der Waals surface area contributed by atoms with Crippen molar-refractivity contribution in [3.8, 4) is 0 Å². The van der Waals surface area contributed by atoms with Crippen LogP contribution in [-0.4, -0.2) is 11.2 Å². The van der Waals surface area contributed by atoms with Gasteiger partial charge < -0.3 is 0 Å². The van der Waals surface area contributed by atoms with Crippen molar-refractivity contribution in [2.24, 2.45) is 10.9 Å². The molecular formula is C7H12ClN. The fourth-order valence-corrected chi connectivity index (χ4v) is 1.29. The molecular weight excluding hydrogens is 134 g/mol. The van der Waals surface area contributed by atoms with Crippen LogP contribution in [0.3, 0.4) is 0 Å². The summed E-state index contributed by atoms with van der Waals surface area (Å²) in [6.07, 6.45) is 2.39. The molecule has 0 aromatic carbocycles. The van der Waals surface area contributed by atoms with Gasteiger partial charge in [-0.2, -0.15) is 0 Å². The maximum absolute atomic E-state index is 5.81. The molecule has 9 heavy (non-hydrogen) atoms. The van der Waals surface area contributed by atoms with Gasteiger partial charge in [0.1, 0.15) is 5.17 Å². The molecule has 0 aliphatic carbocycles. The summed E-state index contributed by atoms with van der Waals surface area (Å²) in [5.74, 6) is 0.503. The Labute approximate surface area is 61.1 Å². The maximum atomic E-state index is 5.81. The molecule has 1 heterocycles. The number of aliphatic imine (C=N–C) groups is 1. The van der Waals surface area contributed by atoms with E-state index in [2.05, 4.69) is 18.8 Å². The van der Waals surface area contributed by atoms with Crippen molar-refractivity contribution in [1.82, 2.24) is 0 Å². The minimum absolute atomic E-state index is 0.452. The maximum Gasteiger partial charge on any atom is 0.103 e. The van der Waals surface area contributed by atoms with E-state index >= 15 is 0 Å². The Bertz CT molecular complexity index is 131. The van der Waals surface area contributed by atoms with Crippen LogP contribution in [0.4, 0.5) is 0 Å². The Kier molecular flexibility index (Phi) is 2.12. The van der Waals surface area contributed by atoms with Crippen molar-refractivity contribution in [2.45, 2.75) is 32.7 Å². The van der Waals surface area contributed by atoms with Gasteiger partial charge in [0.05, 0.1) is 0 Å². The Balaban J connectivity index is 2.61. The van der Waals surface area contributed by atoms with Crippen molar-refractivity contribution in [1.29, 1.82) is 0 Å². The van der Waals surface area contributed by atoms with Gasteiger partial charge in [-0.15, -0.1) is 0 Å². The highest BCUT2D eigenvalue weighted by Crippen LogP contribution is 2.20. The molecule has 0 saturated heterocycles. The number of rotatable bonds is 0. The lowest BCUT2D eigenvalue weighted by Gasteiger charge is -2.18. The summed E-state index contributed by atoms with van der Waals surface area (Å²) >= 11 is 5.81. The first-order valence-electron chi connectivity index (χ1n) is 3.43. The quantitative estimate of drug-likeness (QED) is 0.497. The van der Waals surface area contributed by atoms with Crippen molar-refractivity contribution in [3.63, 3.8) is 0 Å². The molecule has 0 aromatic heterocycles. The van der Waals surface area contributed by atoms with Gasteiger partial charge in [0.2, 0.25) is 0 Å². The molecule has 52 valence electrons. The van der Waals surface area contributed by atoms with Crippen LogP contribution in [0.5, 0.6) is 0 Å². The molecule has 0 spiro atoms. The zero-order valence-electron chi connectivity index (χ0n) is 5.89. The van der Waals surface area contributed by atoms with Crippen LogP contribution < -0.4 is 0 Å². The van der Waals surface area contributed by atoms with E-state index in [4.69, 9.17) is 11.6 Å². The second-order valence-electron chi connectivity index (χ2n) is 2.78. The number of halogens is 1. The van der Waals surface area contributed by atoms with Gasteiger partial charge >= 0.3 is 0 Å². The second kappa shape index (κ2) is 2.70. The molecule has 2 atom stereocenters. The molecule has 0 amide bonds. The molecule has 1 nitrogen and oxygen atoms in total. The predicted molar refractivity (Wildman–Crippen MR) is 41.1 cm³/mol. The van der Waals surface area contributed by atoms with E-state index in [9.17, 15) is 0 Å². The molecule has 2 heteroatoms. The molecule has 0 saturated carbocycles. The number of hydrogen-bond acceptors (Lipinski definition) is 1. The van der Waals surface area contributed by atoms with E-state index in [0.29, 0.717) is 12.0 Å². The molecule has 1 aliphatic rings. The SMILES string of the molecule is CC1CCC(C)C(Cl)=N1. The van der Waals surface area contributed by atoms with Crippen LogP contribution in [0.1, 0.15) is 26.7 Å². The lowest BCUT2D eigenvalue weighted by Crippen LogP contribution is -2.16. The molecule has 0 bridgehead atoms. The van der Waals surface area contributed by atoms with Gasteiger partial charge in [-0.3, -0.25) is 4.99 Å². The third-order valence-electron chi connectivity index (χ3n) is 1.77. The molecule has 0 fully saturated rings. The molecule has 0 aromatic rings. The summed E-state index contributed by atoms with van der Waals surface area (Å²) < 4.78 is 0. The Hall–Kier alpha value is -0.0400. The van der Waals surface area contributed by atoms with E-state index in [1.54, 1.807) is 0 Å². The van der Waals surface area contributed by atoms with Crippen LogP contribution in [-0.2, 0) is 0 Å². The summed E-state index contributed by atoms with van der Waals surface area (Å²) in [5, 5.41) is 0.814. The molecule has 0 radical (unpaired) electrons. The van der Waals surface area contributed by atoms with Gasteiger partial charge in [-0.1, -0.05) is 18.5 Å². The average Bonchev–Trinajstić information content (AvgIpc) is 1.80. The minimum atomic E-state index is 0.452. The van der Waals surface area contributed by atoms with Crippen LogP contribution in [0.15, 0.2) is 4.99 Å². The van der Waals surface area contributed by atoms with Gasteiger partial charge in [0.25, 0.3) is 0 Å². The van der Waals surface area contributed by atoms with E-state index in [1.165, 1.54) is 12.8 Å². The van der Waals surface area contributed by atoms with Crippen LogP contribution in [0.2, 0.25) is 0 Å². The first-order valence-corrected chi connectivity index (χ1v) is 3.81. The van der Waals surface area contributed by atoms with Crippen molar-refractivity contribution in [2.75, 3.05) is 0 Å². The third kappa shape index (κ3) is 1.68. The largest absolute Gasteiger partial charge is 0.274 e. The zero-order valence-corrected chi connectivity index (χ0v) is 6.65. The molecule has 1 rings (SSSR count). The predicted octanol–water partition coefficient (Wildman–Crippen LogP) is 2.44. The summed E-state index contributed by atoms with van der Waals surface area (Å²) in [7, 11) is 0. The Morgan fingerprint density at radius 2 is 2.11 bits per heavy atom. The lowest BCUT2D eigenvalue weighted by atomic mass is 10.0. The highest BCUT2D eigenvalue weighted by Gasteiger charge is 2.15. The Morgan fingerprint density at radius 1 is 1.44 bits per heavy atom. The second-order valence-corrected chi connectivity index (χ2v) is 3.17. The van der Waals surface area contributed by atoms with E-state index < -0.39 is 0 Å². The average molecular weight is 146 g/mol. The minimum Gasteiger partial charge on any atom is -0.274 e. The highest BCUT2D eigenvalue weighted by atomic mass is 35.5. The highest BCUT2D eigenvalue weighted by molar-refractivity contribution is 6.65. The van der Waals surface area contributed by atoms with E-state index in [1.807, 2.05) is 0 Å². The summed E-state index contributed by atoms with van der Waals surface area (Å²) in [4.78, 5) is 4.25. The van der Waals surface area contributed by atoms with Gasteiger partial charge in [-0.05, 0) is 19.8 Å². The van der Waals surface area contributed by atoms with Crippen LogP contribution in [0, 0.1) is 5.92 Å². The number of nitrogens with zero attached hydrogens (tertiary/aromatic N) is 1. The third-order valence-corrected chi connectivity index (χ3v) is 2.24. The van der Waals surface area contributed by atoms with Crippen LogP contribution >= 0.6 is 11.6 Å². The van der Waals surface area contributed by atoms with Crippen molar-refractivity contribution in [3.05, 3.63) is 0 Å². The molecule has 2 unspecified atom stereocenters. The molecule has 1 aliphatic heterocycles. The normalized spacial score (nSPS) is 36.1. The van der Waals surface area contributed by atoms with E-state index in [-0.39, 0.29) is 0 Å². The topological polar surface area (TPSA) is 12.4 Å². The van der Waals surface area contributed by atoms with Gasteiger partial charge in [-0.25, -0.2) is 0 Å². The van der Waals surface area contributed by atoms with Crippen molar-refractivity contribution < 1.29 is 0 Å². The van der Waals surface area contributed by atoms with Gasteiger partial charge in [0.15, 0.2) is 0 Å². The summed E-state index contributed by atoms with van der Waals surface area (Å²) in [5.41, 5.74) is 0. The van der Waals surface area contributed by atoms with Gasteiger partial charge in [0, 0.05) is 12.0 Å². The first-order chi connectivity index (χ1) is 4.20. The monoisotopic (exact) mass is 145 g/mol. The summed E-state index contributed by atoms with van der Waals surface area (Å²) in [6, 6.07) is 0.452. The Morgan fingerprint density at radius 3 is 2.56 bits per heavy atom. The van der Waals surface area contributed by atoms with E-state index in [0.717, 1.165) is 5.17 Å². The smallest absolute Gasteiger partial charge is 0.103 e.